The zero-order chi connectivity index (χ0) is 15.4. The summed E-state index contributed by atoms with van der Waals surface area (Å²) in [6, 6.07) is 7.60. The van der Waals surface area contributed by atoms with E-state index in [-0.39, 0.29) is 11.9 Å². The van der Waals surface area contributed by atoms with Crippen molar-refractivity contribution in [2.75, 3.05) is 24.5 Å². The van der Waals surface area contributed by atoms with Crippen LogP contribution in [0, 0.1) is 0 Å². The van der Waals surface area contributed by atoms with Crippen LogP contribution in [0.1, 0.15) is 26.3 Å². The van der Waals surface area contributed by atoms with Crippen molar-refractivity contribution in [2.45, 2.75) is 20.8 Å². The number of nitrogens with zero attached hydrogens (tertiary/aromatic N) is 2. The molecule has 0 spiro atoms. The number of hydrogen-bond acceptors (Lipinski definition) is 3. The Labute approximate surface area is 125 Å². The lowest BCUT2D eigenvalue weighted by Gasteiger charge is -2.20. The van der Waals surface area contributed by atoms with Gasteiger partial charge in [-0.1, -0.05) is 12.1 Å². The fourth-order valence-corrected chi connectivity index (χ4v) is 2.40. The van der Waals surface area contributed by atoms with E-state index in [0.717, 1.165) is 24.3 Å². The minimum atomic E-state index is -0.353. The van der Waals surface area contributed by atoms with Crippen LogP contribution in [-0.2, 0) is 4.79 Å². The van der Waals surface area contributed by atoms with E-state index in [1.807, 2.05) is 24.3 Å². The smallest absolute Gasteiger partial charge is 0.328 e. The summed E-state index contributed by atoms with van der Waals surface area (Å²) >= 11 is 0. The Hall–Kier alpha value is -2.30. The third kappa shape index (κ3) is 3.07. The van der Waals surface area contributed by atoms with Crippen molar-refractivity contribution < 1.29 is 9.59 Å². The highest BCUT2D eigenvalue weighted by atomic mass is 16.2. The van der Waals surface area contributed by atoms with Gasteiger partial charge >= 0.3 is 6.03 Å². The number of rotatable bonds is 5. The SMILES string of the molecule is CCN1C(=O)N/C(=C/c2ccc(N(CC)CC)cc2)C1=O. The zero-order valence-electron chi connectivity index (χ0n) is 12.7. The van der Waals surface area contributed by atoms with E-state index in [0.29, 0.717) is 12.2 Å². The largest absolute Gasteiger partial charge is 0.372 e. The van der Waals surface area contributed by atoms with Gasteiger partial charge in [0.25, 0.3) is 5.91 Å². The van der Waals surface area contributed by atoms with Crippen LogP contribution >= 0.6 is 0 Å². The number of benzene rings is 1. The molecule has 1 aliphatic rings. The highest BCUT2D eigenvalue weighted by Crippen LogP contribution is 2.18. The van der Waals surface area contributed by atoms with Crippen molar-refractivity contribution >= 4 is 23.7 Å². The highest BCUT2D eigenvalue weighted by molar-refractivity contribution is 6.13. The van der Waals surface area contributed by atoms with E-state index < -0.39 is 0 Å². The van der Waals surface area contributed by atoms with Crippen molar-refractivity contribution in [3.05, 3.63) is 35.5 Å². The predicted molar refractivity (Wildman–Crippen MR) is 83.9 cm³/mol. The lowest BCUT2D eigenvalue weighted by atomic mass is 10.1. The van der Waals surface area contributed by atoms with Gasteiger partial charge in [0.1, 0.15) is 5.70 Å². The molecule has 1 saturated heterocycles. The van der Waals surface area contributed by atoms with Gasteiger partial charge in [0.15, 0.2) is 0 Å². The topological polar surface area (TPSA) is 52.7 Å². The molecule has 0 saturated carbocycles. The first-order chi connectivity index (χ1) is 10.1. The summed E-state index contributed by atoms with van der Waals surface area (Å²) in [6.45, 7) is 8.30. The molecule has 5 nitrogen and oxygen atoms in total. The van der Waals surface area contributed by atoms with Gasteiger partial charge in [-0.25, -0.2) is 4.79 Å². The molecule has 112 valence electrons. The number of likely N-dealkylation sites (N-methyl/N-ethyl adjacent to an activating group) is 1. The average Bonchev–Trinajstić information content (AvgIpc) is 2.76. The number of carbonyl (C=O) groups excluding carboxylic acids is 2. The molecule has 5 heteroatoms. The van der Waals surface area contributed by atoms with E-state index in [1.165, 1.54) is 4.90 Å². The minimum absolute atomic E-state index is 0.268. The molecule has 0 aliphatic carbocycles. The van der Waals surface area contributed by atoms with Gasteiger partial charge in [0.2, 0.25) is 0 Å². The van der Waals surface area contributed by atoms with E-state index in [1.54, 1.807) is 13.0 Å². The number of anilines is 1. The molecule has 3 amide bonds. The molecule has 1 fully saturated rings. The summed E-state index contributed by atoms with van der Waals surface area (Å²) in [7, 11) is 0. The first-order valence-electron chi connectivity index (χ1n) is 7.30. The minimum Gasteiger partial charge on any atom is -0.372 e. The van der Waals surface area contributed by atoms with E-state index in [9.17, 15) is 9.59 Å². The first kappa shape index (κ1) is 15.1. The number of nitrogens with one attached hydrogen (secondary N) is 1. The van der Waals surface area contributed by atoms with Crippen LogP contribution in [0.4, 0.5) is 10.5 Å². The molecule has 1 aromatic carbocycles. The second-order valence-electron chi connectivity index (χ2n) is 4.80. The van der Waals surface area contributed by atoms with Crippen molar-refractivity contribution in [2.24, 2.45) is 0 Å². The summed E-state index contributed by atoms with van der Waals surface area (Å²) in [5, 5.41) is 2.60. The molecule has 0 radical (unpaired) electrons. The summed E-state index contributed by atoms with van der Waals surface area (Å²) in [4.78, 5) is 27.0. The second kappa shape index (κ2) is 6.43. The van der Waals surface area contributed by atoms with Crippen LogP contribution in [0.2, 0.25) is 0 Å². The van der Waals surface area contributed by atoms with Gasteiger partial charge in [0, 0.05) is 25.3 Å². The van der Waals surface area contributed by atoms with Crippen LogP contribution in [0.15, 0.2) is 30.0 Å². The van der Waals surface area contributed by atoms with Crippen LogP contribution in [0.5, 0.6) is 0 Å². The molecule has 1 aromatic rings. The van der Waals surface area contributed by atoms with Gasteiger partial charge in [-0.2, -0.15) is 0 Å². The molecule has 0 aromatic heterocycles. The number of carbonyl (C=O) groups is 2. The van der Waals surface area contributed by atoms with Gasteiger partial charge in [-0.05, 0) is 44.5 Å². The molecule has 1 aliphatic heterocycles. The van der Waals surface area contributed by atoms with Crippen LogP contribution in [-0.4, -0.2) is 36.5 Å². The lowest BCUT2D eigenvalue weighted by molar-refractivity contribution is -0.122. The summed E-state index contributed by atoms with van der Waals surface area (Å²) in [5.74, 6) is -0.268. The van der Waals surface area contributed by atoms with E-state index >= 15 is 0 Å². The molecule has 0 atom stereocenters. The van der Waals surface area contributed by atoms with Gasteiger partial charge in [-0.3, -0.25) is 9.69 Å². The van der Waals surface area contributed by atoms with Gasteiger partial charge in [-0.15, -0.1) is 0 Å². The fourth-order valence-electron chi connectivity index (χ4n) is 2.40. The number of imide groups is 1. The maximum atomic E-state index is 12.0. The summed E-state index contributed by atoms with van der Waals surface area (Å²) in [5.41, 5.74) is 2.38. The number of amides is 3. The Morgan fingerprint density at radius 1 is 1.10 bits per heavy atom. The van der Waals surface area contributed by atoms with Crippen LogP contribution in [0.25, 0.3) is 6.08 Å². The van der Waals surface area contributed by atoms with Crippen LogP contribution in [0.3, 0.4) is 0 Å². The molecular weight excluding hydrogens is 266 g/mol. The van der Waals surface area contributed by atoms with Gasteiger partial charge in [0.05, 0.1) is 0 Å². The Morgan fingerprint density at radius 2 is 1.71 bits per heavy atom. The summed E-state index contributed by atoms with van der Waals surface area (Å²) < 4.78 is 0. The van der Waals surface area contributed by atoms with Crippen molar-refractivity contribution in [1.29, 1.82) is 0 Å². The molecular formula is C16H21N3O2. The average molecular weight is 287 g/mol. The molecule has 0 bridgehead atoms. The third-order valence-electron chi connectivity index (χ3n) is 3.61. The summed E-state index contributed by atoms with van der Waals surface area (Å²) in [6.07, 6.45) is 1.71. The molecule has 0 unspecified atom stereocenters. The molecule has 2 rings (SSSR count). The van der Waals surface area contributed by atoms with Gasteiger partial charge < -0.3 is 10.2 Å². The molecule has 1 heterocycles. The monoisotopic (exact) mass is 287 g/mol. The van der Waals surface area contributed by atoms with E-state index in [2.05, 4.69) is 24.1 Å². The van der Waals surface area contributed by atoms with Crippen LogP contribution < -0.4 is 10.2 Å². The van der Waals surface area contributed by atoms with Crippen molar-refractivity contribution in [3.8, 4) is 0 Å². The maximum Gasteiger partial charge on any atom is 0.328 e. The number of urea groups is 1. The standard InChI is InChI=1S/C16H21N3O2/c1-4-18(5-2)13-9-7-12(8-10-13)11-14-15(20)19(6-3)16(21)17-14/h7-11H,4-6H2,1-3H3,(H,17,21)/b14-11+. The normalized spacial score (nSPS) is 16.5. The molecule has 1 N–H and O–H groups in total. The van der Waals surface area contributed by atoms with E-state index in [4.69, 9.17) is 0 Å². The Morgan fingerprint density at radius 3 is 2.19 bits per heavy atom. The first-order valence-corrected chi connectivity index (χ1v) is 7.30. The lowest BCUT2D eigenvalue weighted by Crippen LogP contribution is -2.30. The van der Waals surface area contributed by atoms with Crippen molar-refractivity contribution in [1.82, 2.24) is 10.2 Å². The second-order valence-corrected chi connectivity index (χ2v) is 4.80. The highest BCUT2D eigenvalue weighted by Gasteiger charge is 2.31. The predicted octanol–water partition coefficient (Wildman–Crippen LogP) is 2.45. The molecule has 21 heavy (non-hydrogen) atoms. The Kier molecular flexibility index (Phi) is 4.62. The zero-order valence-corrected chi connectivity index (χ0v) is 12.7. The van der Waals surface area contributed by atoms with Crippen molar-refractivity contribution in [3.63, 3.8) is 0 Å². The Balaban J connectivity index is 2.19. The third-order valence-corrected chi connectivity index (χ3v) is 3.61. The number of hydrogen-bond donors (Lipinski definition) is 1. The fraction of sp³-hybridized carbons (Fsp3) is 0.375. The maximum absolute atomic E-state index is 12.0. The quantitative estimate of drug-likeness (QED) is 0.668. The Bertz CT molecular complexity index is 559.